The average Bonchev–Trinajstić information content (AvgIpc) is 2.86. The largest absolute Gasteiger partial charge is 0.497 e. The smallest absolute Gasteiger partial charge is 0.138 e. The Morgan fingerprint density at radius 2 is 2.00 bits per heavy atom. The summed E-state index contributed by atoms with van der Waals surface area (Å²) in [6.45, 7) is 2.78. The molecule has 0 amide bonds. The normalized spacial score (nSPS) is 12.4. The summed E-state index contributed by atoms with van der Waals surface area (Å²) in [5.41, 5.74) is 1.08. The minimum Gasteiger partial charge on any atom is -0.497 e. The Morgan fingerprint density at radius 1 is 1.26 bits per heavy atom. The molecule has 1 atom stereocenters. The fraction of sp³-hybridized carbons (Fsp3) is 0.429. The van der Waals surface area contributed by atoms with Gasteiger partial charge in [-0.05, 0) is 31.0 Å². The molecule has 102 valence electrons. The molecule has 0 aliphatic rings. The van der Waals surface area contributed by atoms with Gasteiger partial charge in [-0.25, -0.2) is 4.98 Å². The van der Waals surface area contributed by atoms with Crippen LogP contribution in [0.2, 0.25) is 0 Å². The Labute approximate surface area is 112 Å². The molecule has 0 spiro atoms. The third kappa shape index (κ3) is 3.54. The summed E-state index contributed by atoms with van der Waals surface area (Å²) in [4.78, 5) is 4.17. The van der Waals surface area contributed by atoms with Gasteiger partial charge in [0.15, 0.2) is 0 Å². The van der Waals surface area contributed by atoms with Gasteiger partial charge in [0.2, 0.25) is 0 Å². The van der Waals surface area contributed by atoms with E-state index in [9.17, 15) is 5.11 Å². The number of hydrogen-bond acceptors (Lipinski definition) is 4. The van der Waals surface area contributed by atoms with Gasteiger partial charge in [0, 0.05) is 13.0 Å². The molecule has 0 aliphatic heterocycles. The van der Waals surface area contributed by atoms with Crippen molar-refractivity contribution in [1.29, 1.82) is 0 Å². The Kier molecular flexibility index (Phi) is 4.52. The molecule has 0 saturated carbocycles. The van der Waals surface area contributed by atoms with Crippen molar-refractivity contribution in [1.82, 2.24) is 14.8 Å². The van der Waals surface area contributed by atoms with Crippen molar-refractivity contribution in [2.24, 2.45) is 0 Å². The van der Waals surface area contributed by atoms with Gasteiger partial charge in [-0.15, -0.1) is 0 Å². The monoisotopic (exact) mass is 261 g/mol. The quantitative estimate of drug-likeness (QED) is 0.855. The first-order valence-electron chi connectivity index (χ1n) is 6.40. The molecule has 5 heteroatoms. The fourth-order valence-corrected chi connectivity index (χ4v) is 2.03. The molecule has 0 radical (unpaired) electrons. The van der Waals surface area contributed by atoms with Crippen LogP contribution in [-0.2, 0) is 19.4 Å². The van der Waals surface area contributed by atoms with Crippen molar-refractivity contribution < 1.29 is 9.84 Å². The summed E-state index contributed by atoms with van der Waals surface area (Å²) in [6, 6.07) is 7.73. The van der Waals surface area contributed by atoms with Crippen LogP contribution in [0.5, 0.6) is 5.75 Å². The maximum Gasteiger partial charge on any atom is 0.138 e. The molecule has 1 heterocycles. The maximum absolute atomic E-state index is 10.1. The van der Waals surface area contributed by atoms with E-state index in [1.54, 1.807) is 11.8 Å². The number of nitrogens with zero attached hydrogens (tertiary/aromatic N) is 3. The van der Waals surface area contributed by atoms with E-state index in [4.69, 9.17) is 4.74 Å². The Hall–Kier alpha value is -1.88. The van der Waals surface area contributed by atoms with Crippen molar-refractivity contribution in [2.45, 2.75) is 32.4 Å². The average molecular weight is 261 g/mol. The first kappa shape index (κ1) is 13.5. The minimum absolute atomic E-state index is 0.456. The third-order valence-electron chi connectivity index (χ3n) is 3.04. The van der Waals surface area contributed by atoms with Gasteiger partial charge in [0.1, 0.15) is 17.9 Å². The highest BCUT2D eigenvalue weighted by Crippen LogP contribution is 2.13. The number of rotatable bonds is 6. The lowest BCUT2D eigenvalue weighted by Crippen LogP contribution is -2.17. The molecular formula is C14H19N3O2. The Morgan fingerprint density at radius 3 is 2.63 bits per heavy atom. The van der Waals surface area contributed by atoms with Crippen molar-refractivity contribution in [3.05, 3.63) is 42.0 Å². The number of methoxy groups -OCH3 is 1. The second-order valence-electron chi connectivity index (χ2n) is 4.40. The number of aliphatic hydroxyl groups is 1. The zero-order chi connectivity index (χ0) is 13.7. The van der Waals surface area contributed by atoms with Crippen LogP contribution in [0.15, 0.2) is 30.6 Å². The third-order valence-corrected chi connectivity index (χ3v) is 3.04. The molecule has 2 aromatic rings. The van der Waals surface area contributed by atoms with Crippen LogP contribution in [0.3, 0.4) is 0 Å². The van der Waals surface area contributed by atoms with Crippen LogP contribution in [0, 0.1) is 0 Å². The maximum atomic E-state index is 10.1. The molecule has 2 rings (SSSR count). The number of ether oxygens (including phenoxy) is 1. The topological polar surface area (TPSA) is 60.2 Å². The number of benzene rings is 1. The number of hydrogen-bond donors (Lipinski definition) is 1. The van der Waals surface area contributed by atoms with Crippen molar-refractivity contribution in [2.75, 3.05) is 7.11 Å². The zero-order valence-electron chi connectivity index (χ0n) is 11.3. The second kappa shape index (κ2) is 6.33. The molecular weight excluding hydrogens is 242 g/mol. The Balaban J connectivity index is 1.95. The fourth-order valence-electron chi connectivity index (χ4n) is 2.03. The highest BCUT2D eigenvalue weighted by molar-refractivity contribution is 5.27. The highest BCUT2D eigenvalue weighted by atomic mass is 16.5. The van der Waals surface area contributed by atoms with E-state index in [1.807, 2.05) is 31.2 Å². The molecule has 1 unspecified atom stereocenters. The second-order valence-corrected chi connectivity index (χ2v) is 4.40. The lowest BCUT2D eigenvalue weighted by atomic mass is 10.1. The van der Waals surface area contributed by atoms with Crippen molar-refractivity contribution in [3.63, 3.8) is 0 Å². The summed E-state index contributed by atoms with van der Waals surface area (Å²) in [7, 11) is 1.64. The number of aliphatic hydroxyl groups excluding tert-OH is 1. The molecule has 1 aromatic carbocycles. The highest BCUT2D eigenvalue weighted by Gasteiger charge is 2.11. The van der Waals surface area contributed by atoms with Gasteiger partial charge >= 0.3 is 0 Å². The van der Waals surface area contributed by atoms with E-state index < -0.39 is 6.10 Å². The molecule has 0 bridgehead atoms. The first-order chi connectivity index (χ1) is 9.22. The lowest BCUT2D eigenvalue weighted by Gasteiger charge is -2.11. The summed E-state index contributed by atoms with van der Waals surface area (Å²) in [5, 5.41) is 14.2. The van der Waals surface area contributed by atoms with Gasteiger partial charge in [-0.2, -0.15) is 5.10 Å². The Bertz CT molecular complexity index is 508. The van der Waals surface area contributed by atoms with Crippen molar-refractivity contribution >= 4 is 0 Å². The molecule has 0 aliphatic carbocycles. The zero-order valence-corrected chi connectivity index (χ0v) is 11.3. The van der Waals surface area contributed by atoms with Crippen LogP contribution >= 0.6 is 0 Å². The van der Waals surface area contributed by atoms with Crippen LogP contribution in [0.4, 0.5) is 0 Å². The van der Waals surface area contributed by atoms with Gasteiger partial charge in [0.25, 0.3) is 0 Å². The van der Waals surface area contributed by atoms with E-state index in [1.165, 1.54) is 6.33 Å². The summed E-state index contributed by atoms with van der Waals surface area (Å²) < 4.78 is 6.91. The van der Waals surface area contributed by atoms with E-state index in [0.29, 0.717) is 12.8 Å². The van der Waals surface area contributed by atoms with E-state index in [2.05, 4.69) is 10.1 Å². The number of aryl methyl sites for hydroxylation is 1. The lowest BCUT2D eigenvalue weighted by molar-refractivity contribution is 0.171. The standard InChI is InChI=1S/C14H19N3O2/c1-3-17-14(15-10-16-17)9-12(18)8-11-4-6-13(19-2)7-5-11/h4-7,10,12,18H,3,8-9H2,1-2H3. The van der Waals surface area contributed by atoms with Crippen molar-refractivity contribution in [3.8, 4) is 5.75 Å². The first-order valence-corrected chi connectivity index (χ1v) is 6.40. The molecule has 1 aromatic heterocycles. The number of aromatic nitrogens is 3. The van der Waals surface area contributed by atoms with Crippen LogP contribution in [0.25, 0.3) is 0 Å². The van der Waals surface area contributed by atoms with Gasteiger partial charge in [0.05, 0.1) is 13.2 Å². The van der Waals surface area contributed by atoms with Gasteiger partial charge in [-0.1, -0.05) is 12.1 Å². The molecule has 1 N–H and O–H groups in total. The van der Waals surface area contributed by atoms with E-state index >= 15 is 0 Å². The predicted octanol–water partition coefficient (Wildman–Crippen LogP) is 1.45. The molecule has 0 fully saturated rings. The molecule has 0 saturated heterocycles. The SMILES string of the molecule is CCn1ncnc1CC(O)Cc1ccc(OC)cc1. The minimum atomic E-state index is -0.456. The summed E-state index contributed by atoms with van der Waals surface area (Å²) in [6.07, 6.45) is 2.18. The van der Waals surface area contributed by atoms with Gasteiger partial charge in [-0.3, -0.25) is 4.68 Å². The van der Waals surface area contributed by atoms with Crippen LogP contribution in [-0.4, -0.2) is 33.1 Å². The summed E-state index contributed by atoms with van der Waals surface area (Å²) in [5.74, 6) is 1.65. The van der Waals surface area contributed by atoms with E-state index in [-0.39, 0.29) is 0 Å². The van der Waals surface area contributed by atoms with Crippen LogP contribution in [0.1, 0.15) is 18.3 Å². The predicted molar refractivity (Wildman–Crippen MR) is 72.1 cm³/mol. The van der Waals surface area contributed by atoms with E-state index in [0.717, 1.165) is 23.7 Å². The van der Waals surface area contributed by atoms with Gasteiger partial charge < -0.3 is 9.84 Å². The summed E-state index contributed by atoms with van der Waals surface area (Å²) >= 11 is 0. The van der Waals surface area contributed by atoms with Crippen LogP contribution < -0.4 is 4.74 Å². The molecule has 19 heavy (non-hydrogen) atoms. The molecule has 5 nitrogen and oxygen atoms in total.